The summed E-state index contributed by atoms with van der Waals surface area (Å²) in [7, 11) is 0. The molecule has 0 bridgehead atoms. The maximum atomic E-state index is 11.3. The van der Waals surface area contributed by atoms with Crippen LogP contribution >= 0.6 is 0 Å². The van der Waals surface area contributed by atoms with Crippen molar-refractivity contribution >= 4 is 11.7 Å². The highest BCUT2D eigenvalue weighted by Crippen LogP contribution is 2.23. The molecule has 0 aliphatic heterocycles. The lowest BCUT2D eigenvalue weighted by molar-refractivity contribution is 0.1000. The van der Waals surface area contributed by atoms with Crippen LogP contribution in [-0.4, -0.2) is 10.9 Å². The van der Waals surface area contributed by atoms with Gasteiger partial charge in [-0.2, -0.15) is 0 Å². The van der Waals surface area contributed by atoms with Crippen molar-refractivity contribution in [1.82, 2.24) is 4.98 Å². The summed E-state index contributed by atoms with van der Waals surface area (Å²) in [5.74, 6) is 0.426. The highest BCUT2D eigenvalue weighted by molar-refractivity contribution is 5.92. The number of carbonyl (C=O) groups excluding carboxylic acids is 1. The Hall–Kier alpha value is -2.36. The molecule has 20 heavy (non-hydrogen) atoms. The summed E-state index contributed by atoms with van der Waals surface area (Å²) in [5.41, 5.74) is 6.92. The fourth-order valence-electron chi connectivity index (χ4n) is 2.15. The predicted molar refractivity (Wildman–Crippen MR) is 80.5 cm³/mol. The second-order valence-electron chi connectivity index (χ2n) is 4.69. The molecule has 4 nitrogen and oxygen atoms in total. The Kier molecular flexibility index (Phi) is 4.71. The van der Waals surface area contributed by atoms with Gasteiger partial charge in [-0.15, -0.1) is 0 Å². The van der Waals surface area contributed by atoms with Gasteiger partial charge in [0.15, 0.2) is 0 Å². The third kappa shape index (κ3) is 3.57. The van der Waals surface area contributed by atoms with E-state index in [1.54, 1.807) is 12.3 Å². The average molecular weight is 269 g/mol. The Morgan fingerprint density at radius 3 is 2.80 bits per heavy atom. The second-order valence-corrected chi connectivity index (χ2v) is 4.69. The van der Waals surface area contributed by atoms with Gasteiger partial charge in [0.25, 0.3) is 0 Å². The number of benzene rings is 1. The molecule has 104 valence electrons. The number of nitrogens with zero attached hydrogens (tertiary/aromatic N) is 1. The molecule has 0 fully saturated rings. The first-order valence-corrected chi connectivity index (χ1v) is 6.78. The smallest absolute Gasteiger partial charge is 0.248 e. The number of amides is 1. The summed E-state index contributed by atoms with van der Waals surface area (Å²) in [5, 5.41) is 3.40. The van der Waals surface area contributed by atoms with Crippen molar-refractivity contribution in [2.75, 3.05) is 5.32 Å². The number of carbonyl (C=O) groups is 1. The van der Waals surface area contributed by atoms with Crippen LogP contribution in [0.2, 0.25) is 0 Å². The van der Waals surface area contributed by atoms with Crippen LogP contribution in [0, 0.1) is 0 Å². The summed E-state index contributed by atoms with van der Waals surface area (Å²) in [6.07, 6.45) is 3.75. The largest absolute Gasteiger partial charge is 0.366 e. The van der Waals surface area contributed by atoms with Crippen molar-refractivity contribution in [3.63, 3.8) is 0 Å². The molecule has 1 aromatic carbocycles. The van der Waals surface area contributed by atoms with E-state index >= 15 is 0 Å². The average Bonchev–Trinajstić information content (AvgIpc) is 2.48. The maximum Gasteiger partial charge on any atom is 0.248 e. The molecule has 2 rings (SSSR count). The lowest BCUT2D eigenvalue weighted by Gasteiger charge is -2.19. The minimum atomic E-state index is -0.403. The summed E-state index contributed by atoms with van der Waals surface area (Å²) in [6, 6.07) is 13.3. The van der Waals surface area contributed by atoms with Crippen LogP contribution in [0.3, 0.4) is 0 Å². The summed E-state index contributed by atoms with van der Waals surface area (Å²) < 4.78 is 0. The van der Waals surface area contributed by atoms with E-state index in [-0.39, 0.29) is 6.04 Å². The third-order valence-corrected chi connectivity index (χ3v) is 3.14. The SMILES string of the molecule is CCC[C@H](Nc1ccccn1)c1cccc(C(N)=O)c1. The Labute approximate surface area is 119 Å². The van der Waals surface area contributed by atoms with E-state index < -0.39 is 5.91 Å². The maximum absolute atomic E-state index is 11.3. The van der Waals surface area contributed by atoms with Crippen LogP contribution in [0.15, 0.2) is 48.7 Å². The number of pyridine rings is 1. The van der Waals surface area contributed by atoms with Crippen LogP contribution in [0.1, 0.15) is 41.7 Å². The third-order valence-electron chi connectivity index (χ3n) is 3.14. The molecule has 1 heterocycles. The molecule has 0 aliphatic carbocycles. The zero-order valence-electron chi connectivity index (χ0n) is 11.5. The van der Waals surface area contributed by atoms with Crippen molar-refractivity contribution in [3.05, 3.63) is 59.8 Å². The van der Waals surface area contributed by atoms with Crippen LogP contribution < -0.4 is 11.1 Å². The molecule has 0 radical (unpaired) electrons. The van der Waals surface area contributed by atoms with E-state index in [9.17, 15) is 4.79 Å². The topological polar surface area (TPSA) is 68.0 Å². The molecule has 4 heteroatoms. The standard InChI is InChI=1S/C16H19N3O/c1-2-6-14(19-15-9-3-4-10-18-15)12-7-5-8-13(11-12)16(17)20/h3-5,7-11,14H,2,6H2,1H3,(H2,17,20)(H,18,19)/t14-/m0/s1. The molecule has 0 unspecified atom stereocenters. The van der Waals surface area contributed by atoms with Gasteiger partial charge in [0.2, 0.25) is 5.91 Å². The monoisotopic (exact) mass is 269 g/mol. The number of hydrogen-bond donors (Lipinski definition) is 2. The van der Waals surface area contributed by atoms with Crippen molar-refractivity contribution in [2.24, 2.45) is 5.73 Å². The van der Waals surface area contributed by atoms with Gasteiger partial charge in [-0.25, -0.2) is 4.98 Å². The van der Waals surface area contributed by atoms with Gasteiger partial charge in [0.1, 0.15) is 5.82 Å². The first kappa shape index (κ1) is 14.1. The van der Waals surface area contributed by atoms with E-state index in [1.165, 1.54) is 0 Å². The lowest BCUT2D eigenvalue weighted by Crippen LogP contribution is -2.14. The first-order chi connectivity index (χ1) is 9.70. The number of primary amides is 1. The molecule has 0 saturated heterocycles. The molecule has 3 N–H and O–H groups in total. The fourth-order valence-corrected chi connectivity index (χ4v) is 2.15. The van der Waals surface area contributed by atoms with Gasteiger partial charge >= 0.3 is 0 Å². The number of nitrogens with two attached hydrogens (primary N) is 1. The highest BCUT2D eigenvalue weighted by atomic mass is 16.1. The van der Waals surface area contributed by atoms with Crippen LogP contribution in [0.4, 0.5) is 5.82 Å². The van der Waals surface area contributed by atoms with Crippen molar-refractivity contribution < 1.29 is 4.79 Å². The van der Waals surface area contributed by atoms with E-state index in [0.717, 1.165) is 24.2 Å². The predicted octanol–water partition coefficient (Wildman–Crippen LogP) is 3.13. The lowest BCUT2D eigenvalue weighted by atomic mass is 10.00. The molecule has 0 aliphatic rings. The van der Waals surface area contributed by atoms with E-state index in [2.05, 4.69) is 17.2 Å². The van der Waals surface area contributed by atoms with Crippen molar-refractivity contribution in [2.45, 2.75) is 25.8 Å². The number of hydrogen-bond acceptors (Lipinski definition) is 3. The number of anilines is 1. The van der Waals surface area contributed by atoms with Gasteiger partial charge in [0.05, 0.1) is 6.04 Å². The van der Waals surface area contributed by atoms with Crippen LogP contribution in [0.5, 0.6) is 0 Å². The van der Waals surface area contributed by atoms with Crippen LogP contribution in [-0.2, 0) is 0 Å². The van der Waals surface area contributed by atoms with E-state index in [0.29, 0.717) is 5.56 Å². The zero-order chi connectivity index (χ0) is 14.4. The van der Waals surface area contributed by atoms with Gasteiger partial charge in [0, 0.05) is 11.8 Å². The molecule has 1 amide bonds. The van der Waals surface area contributed by atoms with Crippen molar-refractivity contribution in [1.29, 1.82) is 0 Å². The molecule has 1 atom stereocenters. The van der Waals surface area contributed by atoms with E-state index in [1.807, 2.05) is 36.4 Å². The molecule has 2 aromatic rings. The summed E-state index contributed by atoms with van der Waals surface area (Å²) in [6.45, 7) is 2.13. The summed E-state index contributed by atoms with van der Waals surface area (Å²) >= 11 is 0. The molecular weight excluding hydrogens is 250 g/mol. The Morgan fingerprint density at radius 2 is 2.15 bits per heavy atom. The Bertz CT molecular complexity index is 569. The normalized spacial score (nSPS) is 11.8. The summed E-state index contributed by atoms with van der Waals surface area (Å²) in [4.78, 5) is 15.6. The van der Waals surface area contributed by atoms with Crippen molar-refractivity contribution in [3.8, 4) is 0 Å². The van der Waals surface area contributed by atoms with Gasteiger partial charge < -0.3 is 11.1 Å². The fraction of sp³-hybridized carbons (Fsp3) is 0.250. The quantitative estimate of drug-likeness (QED) is 0.846. The highest BCUT2D eigenvalue weighted by Gasteiger charge is 2.12. The van der Waals surface area contributed by atoms with Gasteiger partial charge in [-0.1, -0.05) is 31.5 Å². The van der Waals surface area contributed by atoms with Crippen LogP contribution in [0.25, 0.3) is 0 Å². The number of aromatic nitrogens is 1. The molecule has 0 saturated carbocycles. The molecule has 0 spiro atoms. The number of nitrogens with one attached hydrogen (secondary N) is 1. The van der Waals surface area contributed by atoms with Gasteiger partial charge in [-0.3, -0.25) is 4.79 Å². The molecular formula is C16H19N3O. The molecule has 1 aromatic heterocycles. The Balaban J connectivity index is 2.24. The number of rotatable bonds is 6. The minimum Gasteiger partial charge on any atom is -0.366 e. The van der Waals surface area contributed by atoms with Gasteiger partial charge in [-0.05, 0) is 36.2 Å². The van der Waals surface area contributed by atoms with E-state index in [4.69, 9.17) is 5.73 Å². The zero-order valence-corrected chi connectivity index (χ0v) is 11.5. The minimum absolute atomic E-state index is 0.120. The first-order valence-electron chi connectivity index (χ1n) is 6.78. The second kappa shape index (κ2) is 6.70. The Morgan fingerprint density at radius 1 is 1.30 bits per heavy atom.